The summed E-state index contributed by atoms with van der Waals surface area (Å²) in [6, 6.07) is 5.20. The molecular formula is C7H9N3O3S. The molecule has 0 unspecified atom stereocenters. The van der Waals surface area contributed by atoms with Crippen molar-refractivity contribution in [1.82, 2.24) is 0 Å². The molecule has 0 atom stereocenters. The van der Waals surface area contributed by atoms with E-state index in [1.54, 1.807) is 0 Å². The van der Waals surface area contributed by atoms with Gasteiger partial charge in [0.1, 0.15) is 0 Å². The molecule has 0 aliphatic carbocycles. The van der Waals surface area contributed by atoms with Crippen molar-refractivity contribution in [1.29, 1.82) is 5.41 Å². The minimum Gasteiger partial charge on any atom is -0.370 e. The first kappa shape index (κ1) is 10.5. The largest absolute Gasteiger partial charge is 0.370 e. The van der Waals surface area contributed by atoms with Crippen LogP contribution in [0.15, 0.2) is 29.2 Å². The maximum atomic E-state index is 10.6. The van der Waals surface area contributed by atoms with Gasteiger partial charge in [-0.3, -0.25) is 9.96 Å². The molecule has 76 valence electrons. The zero-order valence-electron chi connectivity index (χ0n) is 7.06. The molecule has 0 aromatic heterocycles. The van der Waals surface area contributed by atoms with Crippen LogP contribution >= 0.6 is 0 Å². The van der Waals surface area contributed by atoms with Gasteiger partial charge >= 0.3 is 0 Å². The first-order valence-corrected chi connectivity index (χ1v) is 5.02. The Morgan fingerprint density at radius 3 is 2.21 bits per heavy atom. The number of benzene rings is 1. The summed E-state index contributed by atoms with van der Waals surface area (Å²) >= 11 is 0. The average molecular weight is 215 g/mol. The van der Waals surface area contributed by atoms with Gasteiger partial charge in [0.2, 0.25) is 0 Å². The van der Waals surface area contributed by atoms with E-state index in [0.29, 0.717) is 5.69 Å². The monoisotopic (exact) mass is 215 g/mol. The average Bonchev–Trinajstić information content (AvgIpc) is 2.02. The lowest BCUT2D eigenvalue weighted by atomic mass is 10.3. The van der Waals surface area contributed by atoms with Crippen LogP contribution in [-0.4, -0.2) is 18.9 Å². The van der Waals surface area contributed by atoms with Crippen molar-refractivity contribution in [3.63, 3.8) is 0 Å². The normalized spacial score (nSPS) is 10.9. The fourth-order valence-electron chi connectivity index (χ4n) is 0.866. The van der Waals surface area contributed by atoms with Crippen LogP contribution in [0.3, 0.4) is 0 Å². The number of hydrogen-bond acceptors (Lipinski definition) is 3. The highest BCUT2D eigenvalue weighted by Crippen LogP contribution is 2.12. The summed E-state index contributed by atoms with van der Waals surface area (Å²) in [5, 5.41) is 9.38. The van der Waals surface area contributed by atoms with Crippen molar-refractivity contribution >= 4 is 21.8 Å². The van der Waals surface area contributed by atoms with E-state index in [-0.39, 0.29) is 10.9 Å². The third kappa shape index (κ3) is 2.71. The predicted octanol–water partition coefficient (Wildman–Crippen LogP) is 0.239. The number of rotatable bonds is 2. The van der Waals surface area contributed by atoms with Crippen LogP contribution in [0.1, 0.15) is 0 Å². The van der Waals surface area contributed by atoms with Gasteiger partial charge in [0.15, 0.2) is 5.96 Å². The Bertz CT molecular complexity index is 438. The lowest BCUT2D eigenvalue weighted by molar-refractivity contribution is 0.483. The number of anilines is 1. The van der Waals surface area contributed by atoms with Gasteiger partial charge in [-0.25, -0.2) is 0 Å². The Balaban J connectivity index is 2.95. The van der Waals surface area contributed by atoms with Gasteiger partial charge in [0.05, 0.1) is 4.90 Å². The molecule has 0 aliphatic rings. The summed E-state index contributed by atoms with van der Waals surface area (Å²) in [5.74, 6) is -0.246. The SMILES string of the molecule is N=C(N)Nc1ccc(S(=O)(=O)O)cc1. The fourth-order valence-corrected chi connectivity index (χ4v) is 1.35. The quantitative estimate of drug-likeness (QED) is 0.320. The molecular weight excluding hydrogens is 206 g/mol. The number of nitrogens with one attached hydrogen (secondary N) is 2. The van der Waals surface area contributed by atoms with Crippen molar-refractivity contribution in [3.05, 3.63) is 24.3 Å². The summed E-state index contributed by atoms with van der Waals surface area (Å²) < 4.78 is 29.9. The minimum absolute atomic E-state index is 0.202. The molecule has 0 aliphatic heterocycles. The first-order chi connectivity index (χ1) is 6.39. The maximum absolute atomic E-state index is 10.6. The highest BCUT2D eigenvalue weighted by Gasteiger charge is 2.08. The van der Waals surface area contributed by atoms with E-state index in [4.69, 9.17) is 15.7 Å². The second-order valence-corrected chi connectivity index (χ2v) is 3.96. The summed E-state index contributed by atoms with van der Waals surface area (Å²) in [6.45, 7) is 0. The highest BCUT2D eigenvalue weighted by molar-refractivity contribution is 7.85. The van der Waals surface area contributed by atoms with Crippen LogP contribution in [0.25, 0.3) is 0 Å². The molecule has 0 bridgehead atoms. The molecule has 14 heavy (non-hydrogen) atoms. The van der Waals surface area contributed by atoms with E-state index in [1.165, 1.54) is 24.3 Å². The molecule has 0 spiro atoms. The van der Waals surface area contributed by atoms with Crippen LogP contribution in [0.4, 0.5) is 5.69 Å². The molecule has 1 rings (SSSR count). The lowest BCUT2D eigenvalue weighted by Gasteiger charge is -2.03. The Hall–Kier alpha value is -1.60. The molecule has 0 fully saturated rings. The standard InChI is InChI=1S/C7H9N3O3S/c8-7(9)10-5-1-3-6(4-2-5)14(11,12)13/h1-4H,(H4,8,9,10)(H,11,12,13). The molecule has 6 nitrogen and oxygen atoms in total. The van der Waals surface area contributed by atoms with E-state index >= 15 is 0 Å². The van der Waals surface area contributed by atoms with E-state index < -0.39 is 10.1 Å². The smallest absolute Gasteiger partial charge is 0.294 e. The van der Waals surface area contributed by atoms with Crippen molar-refractivity contribution in [2.75, 3.05) is 5.32 Å². The number of hydrogen-bond donors (Lipinski definition) is 4. The fraction of sp³-hybridized carbons (Fsp3) is 0. The van der Waals surface area contributed by atoms with Gasteiger partial charge in [-0.1, -0.05) is 0 Å². The zero-order valence-corrected chi connectivity index (χ0v) is 7.88. The first-order valence-electron chi connectivity index (χ1n) is 3.58. The van der Waals surface area contributed by atoms with Crippen molar-refractivity contribution in [3.8, 4) is 0 Å². The third-order valence-electron chi connectivity index (χ3n) is 1.43. The molecule has 0 saturated carbocycles. The van der Waals surface area contributed by atoms with E-state index in [0.717, 1.165) is 0 Å². The van der Waals surface area contributed by atoms with Crippen LogP contribution in [-0.2, 0) is 10.1 Å². The molecule has 5 N–H and O–H groups in total. The highest BCUT2D eigenvalue weighted by atomic mass is 32.2. The van der Waals surface area contributed by atoms with E-state index in [9.17, 15) is 8.42 Å². The Kier molecular flexibility index (Phi) is 2.73. The summed E-state index contributed by atoms with van der Waals surface area (Å²) in [4.78, 5) is -0.202. The molecule has 0 saturated heterocycles. The molecule has 0 heterocycles. The van der Waals surface area contributed by atoms with E-state index in [1.807, 2.05) is 0 Å². The predicted molar refractivity (Wildman–Crippen MR) is 51.8 cm³/mol. The summed E-state index contributed by atoms with van der Waals surface area (Å²) in [6.07, 6.45) is 0. The van der Waals surface area contributed by atoms with E-state index in [2.05, 4.69) is 5.32 Å². The minimum atomic E-state index is -4.16. The number of nitrogens with two attached hydrogens (primary N) is 1. The molecule has 0 amide bonds. The lowest BCUT2D eigenvalue weighted by Crippen LogP contribution is -2.20. The van der Waals surface area contributed by atoms with Crippen LogP contribution < -0.4 is 11.1 Å². The van der Waals surface area contributed by atoms with Gasteiger partial charge in [0, 0.05) is 5.69 Å². The molecule has 1 aromatic rings. The van der Waals surface area contributed by atoms with Crippen LogP contribution in [0.5, 0.6) is 0 Å². The van der Waals surface area contributed by atoms with Gasteiger partial charge in [0.25, 0.3) is 10.1 Å². The Morgan fingerprint density at radius 2 is 1.86 bits per heavy atom. The Morgan fingerprint density at radius 1 is 1.36 bits per heavy atom. The molecule has 1 aromatic carbocycles. The van der Waals surface area contributed by atoms with Crippen LogP contribution in [0, 0.1) is 5.41 Å². The topological polar surface area (TPSA) is 116 Å². The summed E-state index contributed by atoms with van der Waals surface area (Å²) in [5.41, 5.74) is 5.53. The zero-order chi connectivity index (χ0) is 10.8. The molecule has 7 heteroatoms. The summed E-state index contributed by atoms with van der Waals surface area (Å²) in [7, 11) is -4.16. The van der Waals surface area contributed by atoms with Gasteiger partial charge < -0.3 is 11.1 Å². The third-order valence-corrected chi connectivity index (χ3v) is 2.30. The van der Waals surface area contributed by atoms with Gasteiger partial charge in [-0.05, 0) is 24.3 Å². The second-order valence-electron chi connectivity index (χ2n) is 2.54. The van der Waals surface area contributed by atoms with Crippen molar-refractivity contribution in [2.24, 2.45) is 5.73 Å². The van der Waals surface area contributed by atoms with Gasteiger partial charge in [-0.2, -0.15) is 8.42 Å². The van der Waals surface area contributed by atoms with Crippen LogP contribution in [0.2, 0.25) is 0 Å². The van der Waals surface area contributed by atoms with Crippen molar-refractivity contribution < 1.29 is 13.0 Å². The Labute approximate surface area is 81.0 Å². The van der Waals surface area contributed by atoms with Crippen molar-refractivity contribution in [2.45, 2.75) is 4.90 Å². The maximum Gasteiger partial charge on any atom is 0.294 e. The second kappa shape index (κ2) is 3.64. The number of guanidine groups is 1. The van der Waals surface area contributed by atoms with Gasteiger partial charge in [-0.15, -0.1) is 0 Å². The molecule has 0 radical (unpaired) electrons.